The lowest BCUT2D eigenvalue weighted by atomic mass is 9.75. The van der Waals surface area contributed by atoms with Gasteiger partial charge in [0.1, 0.15) is 5.54 Å². The van der Waals surface area contributed by atoms with Crippen LogP contribution in [0.3, 0.4) is 0 Å². The first kappa shape index (κ1) is 23.6. The zero-order valence-electron chi connectivity index (χ0n) is 18.9. The Morgan fingerprint density at radius 3 is 2.11 bits per heavy atom. The Bertz CT molecular complexity index is 1360. The Morgan fingerprint density at radius 1 is 0.917 bits per heavy atom. The van der Waals surface area contributed by atoms with E-state index in [0.29, 0.717) is 24.1 Å². The van der Waals surface area contributed by atoms with E-state index in [1.807, 2.05) is 12.1 Å². The number of aliphatic carboxylic acids is 1. The zero-order chi connectivity index (χ0) is 25.7. The SMILES string of the molecule is O=C(Nc1ccc(-c2ccc3c(c2)C(=O)N(C2(C(=O)O)CCC2)C3)cc1)c1ccc(C(F)(F)F)cc1. The van der Waals surface area contributed by atoms with E-state index in [4.69, 9.17) is 0 Å². The summed E-state index contributed by atoms with van der Waals surface area (Å²) >= 11 is 0. The Kier molecular flexibility index (Phi) is 5.58. The highest BCUT2D eigenvalue weighted by Crippen LogP contribution is 2.43. The van der Waals surface area contributed by atoms with E-state index in [1.54, 1.807) is 30.3 Å². The molecule has 0 bridgehead atoms. The molecule has 2 aliphatic rings. The van der Waals surface area contributed by atoms with Gasteiger partial charge in [0, 0.05) is 23.4 Å². The monoisotopic (exact) mass is 494 g/mol. The summed E-state index contributed by atoms with van der Waals surface area (Å²) in [6.45, 7) is 0.273. The van der Waals surface area contributed by atoms with E-state index in [1.165, 1.54) is 4.90 Å². The van der Waals surface area contributed by atoms with Crippen molar-refractivity contribution in [2.75, 3.05) is 5.32 Å². The number of carboxylic acid groups (broad SMARTS) is 1. The molecule has 0 spiro atoms. The van der Waals surface area contributed by atoms with Gasteiger partial charge in [-0.25, -0.2) is 4.79 Å². The molecule has 1 fully saturated rings. The third-order valence-electron chi connectivity index (χ3n) is 6.96. The van der Waals surface area contributed by atoms with Gasteiger partial charge in [-0.3, -0.25) is 9.59 Å². The number of hydrogen-bond donors (Lipinski definition) is 2. The topological polar surface area (TPSA) is 86.7 Å². The Balaban J connectivity index is 1.30. The van der Waals surface area contributed by atoms with Crippen LogP contribution in [-0.2, 0) is 17.5 Å². The molecule has 0 aromatic heterocycles. The molecule has 184 valence electrons. The number of nitrogens with one attached hydrogen (secondary N) is 1. The maximum atomic E-state index is 13.1. The molecule has 36 heavy (non-hydrogen) atoms. The molecular weight excluding hydrogens is 473 g/mol. The Labute approximate surface area is 204 Å². The first-order valence-corrected chi connectivity index (χ1v) is 11.4. The average molecular weight is 494 g/mol. The zero-order valence-corrected chi connectivity index (χ0v) is 18.9. The quantitative estimate of drug-likeness (QED) is 0.484. The van der Waals surface area contributed by atoms with E-state index in [0.717, 1.165) is 47.4 Å². The van der Waals surface area contributed by atoms with Crippen LogP contribution in [-0.4, -0.2) is 33.3 Å². The van der Waals surface area contributed by atoms with Gasteiger partial charge < -0.3 is 15.3 Å². The van der Waals surface area contributed by atoms with Crippen molar-refractivity contribution in [3.63, 3.8) is 0 Å². The molecular formula is C27H21F3N2O4. The van der Waals surface area contributed by atoms with E-state index in [-0.39, 0.29) is 18.0 Å². The lowest BCUT2D eigenvalue weighted by Crippen LogP contribution is -2.59. The molecule has 0 atom stereocenters. The minimum Gasteiger partial charge on any atom is -0.479 e. The third kappa shape index (κ3) is 4.00. The molecule has 6 nitrogen and oxygen atoms in total. The molecule has 2 N–H and O–H groups in total. The van der Waals surface area contributed by atoms with E-state index < -0.39 is 29.2 Å². The Hall–Kier alpha value is -4.14. The summed E-state index contributed by atoms with van der Waals surface area (Å²) in [5, 5.41) is 12.4. The molecule has 0 unspecified atom stereocenters. The average Bonchev–Trinajstić information content (AvgIpc) is 3.14. The van der Waals surface area contributed by atoms with Gasteiger partial charge in [0.25, 0.3) is 11.8 Å². The molecule has 3 aromatic rings. The lowest BCUT2D eigenvalue weighted by molar-refractivity contribution is -0.156. The van der Waals surface area contributed by atoms with E-state index in [9.17, 15) is 32.7 Å². The molecule has 1 aliphatic heterocycles. The van der Waals surface area contributed by atoms with Crippen LogP contribution in [0, 0.1) is 0 Å². The van der Waals surface area contributed by atoms with Crippen LogP contribution in [0.5, 0.6) is 0 Å². The summed E-state index contributed by atoms with van der Waals surface area (Å²) < 4.78 is 38.2. The van der Waals surface area contributed by atoms with Crippen molar-refractivity contribution in [2.45, 2.75) is 37.5 Å². The molecule has 1 aliphatic carbocycles. The maximum absolute atomic E-state index is 13.1. The van der Waals surface area contributed by atoms with Gasteiger partial charge in [-0.15, -0.1) is 0 Å². The van der Waals surface area contributed by atoms with Crippen LogP contribution < -0.4 is 5.32 Å². The van der Waals surface area contributed by atoms with Crippen molar-refractivity contribution in [3.8, 4) is 11.1 Å². The smallest absolute Gasteiger partial charge is 0.416 e. The summed E-state index contributed by atoms with van der Waals surface area (Å²) in [6.07, 6.45) is -2.79. The summed E-state index contributed by atoms with van der Waals surface area (Å²) in [6, 6.07) is 16.2. The van der Waals surface area contributed by atoms with Crippen LogP contribution in [0.1, 0.15) is 51.1 Å². The number of fused-ring (bicyclic) bond motifs is 1. The summed E-state index contributed by atoms with van der Waals surface area (Å²) in [5.74, 6) is -1.79. The molecule has 2 amide bonds. The van der Waals surface area contributed by atoms with Gasteiger partial charge in [0.05, 0.1) is 5.56 Å². The van der Waals surface area contributed by atoms with Gasteiger partial charge in [-0.05, 0) is 78.4 Å². The summed E-state index contributed by atoms with van der Waals surface area (Å²) in [4.78, 5) is 38.8. The van der Waals surface area contributed by atoms with Gasteiger partial charge in [-0.1, -0.05) is 24.3 Å². The molecule has 9 heteroatoms. The van der Waals surface area contributed by atoms with E-state index >= 15 is 0 Å². The van der Waals surface area contributed by atoms with Crippen molar-refractivity contribution in [1.29, 1.82) is 0 Å². The van der Waals surface area contributed by atoms with Crippen LogP contribution in [0.25, 0.3) is 11.1 Å². The second kappa shape index (κ2) is 8.51. The fourth-order valence-corrected chi connectivity index (χ4v) is 4.70. The molecule has 1 saturated carbocycles. The van der Waals surface area contributed by atoms with Crippen molar-refractivity contribution in [3.05, 3.63) is 89.0 Å². The number of benzene rings is 3. The highest BCUT2D eigenvalue weighted by Gasteiger charge is 2.53. The van der Waals surface area contributed by atoms with E-state index in [2.05, 4.69) is 5.32 Å². The number of carbonyl (C=O) groups excluding carboxylic acids is 2. The second-order valence-electron chi connectivity index (χ2n) is 9.06. The predicted molar refractivity (Wildman–Crippen MR) is 125 cm³/mol. The van der Waals surface area contributed by atoms with Gasteiger partial charge >= 0.3 is 12.1 Å². The van der Waals surface area contributed by atoms with Gasteiger partial charge in [-0.2, -0.15) is 13.2 Å². The molecule has 3 aromatic carbocycles. The maximum Gasteiger partial charge on any atom is 0.416 e. The number of hydrogen-bond acceptors (Lipinski definition) is 3. The molecule has 5 rings (SSSR count). The van der Waals surface area contributed by atoms with Crippen LogP contribution in [0.4, 0.5) is 18.9 Å². The molecule has 0 radical (unpaired) electrons. The highest BCUT2D eigenvalue weighted by molar-refractivity contribution is 6.04. The number of carboxylic acids is 1. The number of alkyl halides is 3. The molecule has 1 heterocycles. The largest absolute Gasteiger partial charge is 0.479 e. The number of rotatable bonds is 5. The highest BCUT2D eigenvalue weighted by atomic mass is 19.4. The predicted octanol–water partition coefficient (Wildman–Crippen LogP) is 5.59. The summed E-state index contributed by atoms with van der Waals surface area (Å²) in [7, 11) is 0. The minimum atomic E-state index is -4.47. The van der Waals surface area contributed by atoms with Crippen molar-refractivity contribution >= 4 is 23.5 Å². The fraction of sp³-hybridized carbons (Fsp3) is 0.222. The van der Waals surface area contributed by atoms with Crippen LogP contribution >= 0.6 is 0 Å². The first-order valence-electron chi connectivity index (χ1n) is 11.4. The van der Waals surface area contributed by atoms with Crippen molar-refractivity contribution in [1.82, 2.24) is 4.90 Å². The lowest BCUT2D eigenvalue weighted by Gasteiger charge is -2.44. The number of halogens is 3. The van der Waals surface area contributed by atoms with Crippen molar-refractivity contribution < 1.29 is 32.7 Å². The third-order valence-corrected chi connectivity index (χ3v) is 6.96. The number of nitrogens with zero attached hydrogens (tertiary/aromatic N) is 1. The standard InChI is InChI=1S/C27H21F3N2O4/c28-27(29,30)20-8-4-17(5-9-20)23(33)31-21-10-6-16(7-11-21)18-2-3-19-15-32(24(34)22(19)14-18)26(25(35)36)12-1-13-26/h2-11,14H,1,12-13,15H2,(H,31,33)(H,35,36). The van der Waals surface area contributed by atoms with Gasteiger partial charge in [0.2, 0.25) is 0 Å². The fourth-order valence-electron chi connectivity index (χ4n) is 4.70. The summed E-state index contributed by atoms with van der Waals surface area (Å²) in [5.41, 5.74) is 1.43. The number of amides is 2. The van der Waals surface area contributed by atoms with Crippen molar-refractivity contribution in [2.24, 2.45) is 0 Å². The number of carbonyl (C=O) groups is 3. The second-order valence-corrected chi connectivity index (χ2v) is 9.06. The minimum absolute atomic E-state index is 0.0966. The Morgan fingerprint density at radius 2 is 1.56 bits per heavy atom. The van der Waals surface area contributed by atoms with Crippen LogP contribution in [0.2, 0.25) is 0 Å². The normalized spacial score (nSPS) is 16.3. The van der Waals surface area contributed by atoms with Gasteiger partial charge in [0.15, 0.2) is 0 Å². The first-order chi connectivity index (χ1) is 17.1. The number of anilines is 1. The van der Waals surface area contributed by atoms with Crippen LogP contribution in [0.15, 0.2) is 66.7 Å². The molecule has 0 saturated heterocycles.